The number of rotatable bonds is 2. The Kier molecular flexibility index (Phi) is 4.75. The first-order valence-corrected chi connectivity index (χ1v) is 8.58. The van der Waals surface area contributed by atoms with Crippen molar-refractivity contribution in [3.05, 3.63) is 71.8 Å². The summed E-state index contributed by atoms with van der Waals surface area (Å²) in [7, 11) is 1.71. The van der Waals surface area contributed by atoms with Crippen LogP contribution in [-0.4, -0.2) is 9.55 Å². The van der Waals surface area contributed by atoms with Crippen LogP contribution in [0.25, 0.3) is 23.1 Å². The van der Waals surface area contributed by atoms with Crippen molar-refractivity contribution in [1.29, 1.82) is 0 Å². The lowest BCUT2D eigenvalue weighted by Gasteiger charge is -2.06. The number of hydrogen-bond donors (Lipinski definition) is 0. The molecule has 0 fully saturated rings. The van der Waals surface area contributed by atoms with E-state index in [0.717, 1.165) is 9.13 Å². The predicted octanol–water partition coefficient (Wildman–Crippen LogP) is 5.02. The molecule has 1 heterocycles. The molecule has 116 valence electrons. The van der Waals surface area contributed by atoms with E-state index in [1.165, 1.54) is 4.57 Å². The number of hydrogen-bond acceptors (Lipinski definition) is 2. The quantitative estimate of drug-likeness (QED) is 0.507. The van der Waals surface area contributed by atoms with Crippen LogP contribution in [0.15, 0.2) is 41.2 Å². The standard InChI is InChI=1S/C17H11Cl2IN2O/c1-22-16(7-3-10-2-4-11(18)8-14(10)19)21-15-6-5-12(20)9-13(15)17(22)23/h2-9H,1H3/b7-3+. The molecular formula is C17H11Cl2IN2O. The molecule has 0 spiro atoms. The van der Waals surface area contributed by atoms with Gasteiger partial charge in [0.2, 0.25) is 0 Å². The van der Waals surface area contributed by atoms with Crippen molar-refractivity contribution in [3.8, 4) is 0 Å². The maximum atomic E-state index is 12.5. The lowest BCUT2D eigenvalue weighted by molar-refractivity contribution is 0.828. The van der Waals surface area contributed by atoms with Crippen LogP contribution in [-0.2, 0) is 7.05 Å². The van der Waals surface area contributed by atoms with Crippen LogP contribution in [0.3, 0.4) is 0 Å². The van der Waals surface area contributed by atoms with E-state index in [1.54, 1.807) is 25.3 Å². The van der Waals surface area contributed by atoms with Crippen LogP contribution in [0.5, 0.6) is 0 Å². The van der Waals surface area contributed by atoms with Gasteiger partial charge in [-0.05, 0) is 70.6 Å². The van der Waals surface area contributed by atoms with E-state index in [0.29, 0.717) is 26.8 Å². The van der Waals surface area contributed by atoms with E-state index < -0.39 is 0 Å². The van der Waals surface area contributed by atoms with Gasteiger partial charge >= 0.3 is 0 Å². The molecule has 3 nitrogen and oxygen atoms in total. The van der Waals surface area contributed by atoms with Gasteiger partial charge in [-0.1, -0.05) is 29.3 Å². The molecule has 0 aliphatic carbocycles. The molecule has 3 rings (SSSR count). The minimum Gasteiger partial charge on any atom is -0.296 e. The Morgan fingerprint density at radius 1 is 1.13 bits per heavy atom. The van der Waals surface area contributed by atoms with Gasteiger partial charge in [0.25, 0.3) is 5.56 Å². The Labute approximate surface area is 156 Å². The van der Waals surface area contributed by atoms with E-state index >= 15 is 0 Å². The topological polar surface area (TPSA) is 34.9 Å². The summed E-state index contributed by atoms with van der Waals surface area (Å²) in [6.07, 6.45) is 3.59. The van der Waals surface area contributed by atoms with Crippen molar-refractivity contribution < 1.29 is 0 Å². The minimum atomic E-state index is -0.0737. The second-order valence-corrected chi connectivity index (χ2v) is 7.08. The number of nitrogens with zero attached hydrogens (tertiary/aromatic N) is 2. The van der Waals surface area contributed by atoms with Crippen molar-refractivity contribution in [2.75, 3.05) is 0 Å². The van der Waals surface area contributed by atoms with Gasteiger partial charge in [0.1, 0.15) is 5.82 Å². The molecule has 0 amide bonds. The maximum absolute atomic E-state index is 12.5. The molecule has 0 aliphatic rings. The summed E-state index contributed by atoms with van der Waals surface area (Å²) < 4.78 is 2.53. The van der Waals surface area contributed by atoms with E-state index in [-0.39, 0.29) is 5.56 Å². The zero-order chi connectivity index (χ0) is 16.6. The zero-order valence-corrected chi connectivity index (χ0v) is 15.7. The van der Waals surface area contributed by atoms with Gasteiger partial charge in [0.15, 0.2) is 0 Å². The second-order valence-electron chi connectivity index (χ2n) is 4.99. The molecule has 3 aromatic rings. The fourth-order valence-corrected chi connectivity index (χ4v) is 3.17. The Hall–Kier alpha value is -1.37. The molecule has 0 radical (unpaired) electrons. The third-order valence-electron chi connectivity index (χ3n) is 3.45. The highest BCUT2D eigenvalue weighted by Crippen LogP contribution is 2.22. The van der Waals surface area contributed by atoms with E-state index in [4.69, 9.17) is 23.2 Å². The van der Waals surface area contributed by atoms with Crippen LogP contribution in [0.4, 0.5) is 0 Å². The number of benzene rings is 2. The van der Waals surface area contributed by atoms with Gasteiger partial charge in [-0.2, -0.15) is 0 Å². The van der Waals surface area contributed by atoms with E-state index in [1.807, 2.05) is 30.3 Å². The van der Waals surface area contributed by atoms with E-state index in [9.17, 15) is 4.79 Å². The maximum Gasteiger partial charge on any atom is 0.261 e. The summed E-state index contributed by atoms with van der Waals surface area (Å²) in [6.45, 7) is 0. The van der Waals surface area contributed by atoms with Crippen LogP contribution in [0, 0.1) is 3.57 Å². The fourth-order valence-electron chi connectivity index (χ4n) is 2.21. The summed E-state index contributed by atoms with van der Waals surface area (Å²) in [4.78, 5) is 17.0. The van der Waals surface area contributed by atoms with Crippen LogP contribution in [0.1, 0.15) is 11.4 Å². The molecule has 0 aliphatic heterocycles. The van der Waals surface area contributed by atoms with Crippen molar-refractivity contribution in [3.63, 3.8) is 0 Å². The average molecular weight is 457 g/mol. The van der Waals surface area contributed by atoms with Gasteiger partial charge in [-0.3, -0.25) is 9.36 Å². The Balaban J connectivity index is 2.10. The van der Waals surface area contributed by atoms with Crippen LogP contribution >= 0.6 is 45.8 Å². The van der Waals surface area contributed by atoms with Crippen molar-refractivity contribution in [2.24, 2.45) is 7.05 Å². The summed E-state index contributed by atoms with van der Waals surface area (Å²) in [5, 5.41) is 1.74. The summed E-state index contributed by atoms with van der Waals surface area (Å²) in [5.74, 6) is 0.565. The molecule has 2 aromatic carbocycles. The highest BCUT2D eigenvalue weighted by atomic mass is 127. The van der Waals surface area contributed by atoms with Gasteiger partial charge in [-0.25, -0.2) is 4.98 Å². The number of aromatic nitrogens is 2. The van der Waals surface area contributed by atoms with Gasteiger partial charge < -0.3 is 0 Å². The first kappa shape index (κ1) is 16.5. The van der Waals surface area contributed by atoms with Crippen molar-refractivity contribution in [1.82, 2.24) is 9.55 Å². The van der Waals surface area contributed by atoms with Gasteiger partial charge in [-0.15, -0.1) is 0 Å². The molecule has 0 unspecified atom stereocenters. The van der Waals surface area contributed by atoms with Crippen LogP contribution in [0.2, 0.25) is 10.0 Å². The highest BCUT2D eigenvalue weighted by molar-refractivity contribution is 14.1. The lowest BCUT2D eigenvalue weighted by atomic mass is 10.2. The van der Waals surface area contributed by atoms with Gasteiger partial charge in [0.05, 0.1) is 10.9 Å². The number of halogens is 3. The largest absolute Gasteiger partial charge is 0.296 e. The summed E-state index contributed by atoms with van der Waals surface area (Å²) in [5.41, 5.74) is 1.42. The Morgan fingerprint density at radius 3 is 2.65 bits per heavy atom. The SMILES string of the molecule is Cn1c(/C=C/c2ccc(Cl)cc2Cl)nc2ccc(I)cc2c1=O. The zero-order valence-electron chi connectivity index (χ0n) is 12.1. The Morgan fingerprint density at radius 2 is 1.91 bits per heavy atom. The van der Waals surface area contributed by atoms with Crippen molar-refractivity contribution in [2.45, 2.75) is 0 Å². The molecule has 0 atom stereocenters. The molecule has 23 heavy (non-hydrogen) atoms. The smallest absolute Gasteiger partial charge is 0.261 e. The van der Waals surface area contributed by atoms with Crippen molar-refractivity contribution >= 4 is 68.8 Å². The van der Waals surface area contributed by atoms with Gasteiger partial charge in [0, 0.05) is 20.7 Å². The second kappa shape index (κ2) is 6.63. The normalized spacial score (nSPS) is 11.5. The predicted molar refractivity (Wildman–Crippen MR) is 105 cm³/mol. The molecule has 0 saturated heterocycles. The third kappa shape index (κ3) is 3.44. The molecule has 0 N–H and O–H groups in total. The molecule has 6 heteroatoms. The molecule has 0 bridgehead atoms. The lowest BCUT2D eigenvalue weighted by Crippen LogP contribution is -2.20. The molecule has 1 aromatic heterocycles. The van der Waals surface area contributed by atoms with Crippen LogP contribution < -0.4 is 5.56 Å². The monoisotopic (exact) mass is 456 g/mol. The Bertz CT molecular complexity index is 996. The fraction of sp³-hybridized carbons (Fsp3) is 0.0588. The summed E-state index contributed by atoms with van der Waals surface area (Å²) in [6, 6.07) is 10.9. The number of fused-ring (bicyclic) bond motifs is 1. The van der Waals surface area contributed by atoms with E-state index in [2.05, 4.69) is 27.6 Å². The highest BCUT2D eigenvalue weighted by Gasteiger charge is 2.07. The summed E-state index contributed by atoms with van der Waals surface area (Å²) >= 11 is 14.2. The average Bonchev–Trinajstić information content (AvgIpc) is 2.51. The molecular weight excluding hydrogens is 446 g/mol. The first-order valence-electron chi connectivity index (χ1n) is 6.75. The minimum absolute atomic E-state index is 0.0737. The molecule has 0 saturated carbocycles. The first-order chi connectivity index (χ1) is 11.0. The third-order valence-corrected chi connectivity index (χ3v) is 4.68.